The molecule has 0 bridgehead atoms. The molecule has 0 aliphatic carbocycles. The lowest BCUT2D eigenvalue weighted by atomic mass is 10.00. The molecule has 0 amide bonds. The molecule has 0 aromatic rings. The van der Waals surface area contributed by atoms with Crippen molar-refractivity contribution in [3.63, 3.8) is 0 Å². The second-order valence-corrected chi connectivity index (χ2v) is 29.4. The van der Waals surface area contributed by atoms with Crippen LogP contribution in [0.4, 0.5) is 0 Å². The van der Waals surface area contributed by atoms with Gasteiger partial charge in [0.05, 0.1) is 26.4 Å². The standard InChI is InChI=1S/C72H136O17P2/c1-8-10-11-12-13-14-15-16-17-18-19-27-32-41-48-55-71(76)88-67(59-82-69(74)53-46-39-31-26-22-20-24-29-36-43-50-63(3)4)61-86-90(78,79)84-57-66(73)58-85-91(80,81)87-62-68(60-83-70(75)54-47-40-35-34-38-45-52-65(7)9-2)89-72(77)56-49-42-33-28-23-21-25-30-37-44-51-64(5)6/h14-17,63-68,73H,8-13,18-62H2,1-7H3,(H,78,79)(H,80,81)/b15-14-,17-16-/t65?,66-,67-,68-/m1/s1. The van der Waals surface area contributed by atoms with Crippen LogP contribution < -0.4 is 0 Å². The zero-order valence-corrected chi connectivity index (χ0v) is 60.6. The lowest BCUT2D eigenvalue weighted by Crippen LogP contribution is -2.30. The summed E-state index contributed by atoms with van der Waals surface area (Å²) in [5.74, 6) is 0.0800. The minimum Gasteiger partial charge on any atom is -0.462 e. The molecular formula is C72H136O17P2. The van der Waals surface area contributed by atoms with E-state index in [-0.39, 0.29) is 25.7 Å². The molecule has 0 aromatic carbocycles. The van der Waals surface area contributed by atoms with E-state index in [0.29, 0.717) is 25.7 Å². The van der Waals surface area contributed by atoms with Crippen LogP contribution >= 0.6 is 15.6 Å². The highest BCUT2D eigenvalue weighted by atomic mass is 31.2. The first kappa shape index (κ1) is 88.5. The van der Waals surface area contributed by atoms with Gasteiger partial charge in [0.1, 0.15) is 19.3 Å². The van der Waals surface area contributed by atoms with Gasteiger partial charge in [-0.3, -0.25) is 37.3 Å². The van der Waals surface area contributed by atoms with Crippen LogP contribution in [0.1, 0.15) is 337 Å². The summed E-state index contributed by atoms with van der Waals surface area (Å²) in [5, 5.41) is 10.6. The van der Waals surface area contributed by atoms with Crippen LogP contribution in [0.5, 0.6) is 0 Å². The van der Waals surface area contributed by atoms with Crippen LogP contribution in [0.15, 0.2) is 24.3 Å². The third kappa shape index (κ3) is 64.6. The van der Waals surface area contributed by atoms with Gasteiger partial charge >= 0.3 is 39.5 Å². The quantitative estimate of drug-likeness (QED) is 0.0169. The van der Waals surface area contributed by atoms with Crippen molar-refractivity contribution in [2.24, 2.45) is 17.8 Å². The molecule has 0 aliphatic rings. The molecule has 17 nitrogen and oxygen atoms in total. The molecule has 19 heteroatoms. The number of carbonyl (C=O) groups excluding carboxylic acids is 4. The maximum Gasteiger partial charge on any atom is 0.472 e. The Balaban J connectivity index is 5.30. The third-order valence-corrected chi connectivity index (χ3v) is 18.3. The molecule has 0 spiro atoms. The second-order valence-electron chi connectivity index (χ2n) is 26.5. The fraction of sp³-hybridized carbons (Fsp3) is 0.889. The Bertz CT molecular complexity index is 1880. The van der Waals surface area contributed by atoms with E-state index < -0.39 is 97.5 Å². The van der Waals surface area contributed by atoms with Crippen molar-refractivity contribution in [2.45, 2.75) is 356 Å². The highest BCUT2D eigenvalue weighted by Gasteiger charge is 2.30. The van der Waals surface area contributed by atoms with Crippen LogP contribution in [0.2, 0.25) is 0 Å². The van der Waals surface area contributed by atoms with Gasteiger partial charge < -0.3 is 33.8 Å². The zero-order chi connectivity index (χ0) is 67.3. The minimum absolute atomic E-state index is 0.0843. The van der Waals surface area contributed by atoms with E-state index in [4.69, 9.17) is 37.0 Å². The Morgan fingerprint density at radius 1 is 0.363 bits per heavy atom. The highest BCUT2D eigenvalue weighted by Crippen LogP contribution is 2.45. The van der Waals surface area contributed by atoms with Gasteiger partial charge in [0.2, 0.25) is 0 Å². The second kappa shape index (κ2) is 62.4. The minimum atomic E-state index is -4.96. The summed E-state index contributed by atoms with van der Waals surface area (Å²) in [5.41, 5.74) is 0. The Hall–Kier alpha value is -2.46. The number of rotatable bonds is 68. The van der Waals surface area contributed by atoms with E-state index in [9.17, 15) is 43.2 Å². The van der Waals surface area contributed by atoms with Crippen molar-refractivity contribution in [2.75, 3.05) is 39.6 Å². The molecule has 0 saturated heterocycles. The smallest absolute Gasteiger partial charge is 0.462 e. The summed E-state index contributed by atoms with van der Waals surface area (Å²) in [6, 6.07) is 0. The molecule has 6 atom stereocenters. The number of hydrogen-bond acceptors (Lipinski definition) is 15. The number of phosphoric acid groups is 2. The molecule has 536 valence electrons. The predicted molar refractivity (Wildman–Crippen MR) is 367 cm³/mol. The Morgan fingerprint density at radius 2 is 0.648 bits per heavy atom. The maximum atomic E-state index is 13.0. The molecular weight excluding hydrogens is 1200 g/mol. The van der Waals surface area contributed by atoms with Crippen molar-refractivity contribution in [1.82, 2.24) is 0 Å². The fourth-order valence-electron chi connectivity index (χ4n) is 10.3. The number of phosphoric ester groups is 2. The average Bonchev–Trinajstić information content (AvgIpc) is 3.38. The van der Waals surface area contributed by atoms with E-state index in [2.05, 4.69) is 72.8 Å². The molecule has 0 radical (unpaired) electrons. The molecule has 0 aromatic heterocycles. The van der Waals surface area contributed by atoms with Crippen molar-refractivity contribution in [1.29, 1.82) is 0 Å². The number of aliphatic hydroxyl groups excluding tert-OH is 1. The van der Waals surface area contributed by atoms with E-state index in [0.717, 1.165) is 127 Å². The van der Waals surface area contributed by atoms with Crippen molar-refractivity contribution in [3.8, 4) is 0 Å². The summed E-state index contributed by atoms with van der Waals surface area (Å²) in [6.45, 7) is 11.7. The molecule has 0 fully saturated rings. The van der Waals surface area contributed by atoms with Gasteiger partial charge in [-0.25, -0.2) is 9.13 Å². The Kier molecular flexibility index (Phi) is 60.7. The van der Waals surface area contributed by atoms with Crippen LogP contribution in [0.25, 0.3) is 0 Å². The van der Waals surface area contributed by atoms with Crippen LogP contribution in [-0.4, -0.2) is 96.7 Å². The molecule has 3 N–H and O–H groups in total. The summed E-state index contributed by atoms with van der Waals surface area (Å²) in [7, 11) is -9.92. The molecule has 0 rings (SSSR count). The SMILES string of the molecule is CCCCCC/C=C\C=C/CCCCCCCC(=O)O[C@H](COC(=O)CCCCCCCCCCCCC(C)C)COP(=O)(O)OC[C@@H](O)COP(=O)(O)OC[C@@H](COC(=O)CCCCCCCCC(C)CC)OC(=O)CCCCCCCCCCCCC(C)C. The number of aliphatic hydroxyl groups is 1. The van der Waals surface area contributed by atoms with E-state index in [1.807, 2.05) is 0 Å². The van der Waals surface area contributed by atoms with E-state index in [1.165, 1.54) is 128 Å². The van der Waals surface area contributed by atoms with Gasteiger partial charge in [-0.15, -0.1) is 0 Å². The first-order valence-electron chi connectivity index (χ1n) is 36.7. The summed E-state index contributed by atoms with van der Waals surface area (Å²) in [4.78, 5) is 72.6. The zero-order valence-electron chi connectivity index (χ0n) is 58.8. The lowest BCUT2D eigenvalue weighted by Gasteiger charge is -2.21. The van der Waals surface area contributed by atoms with Crippen LogP contribution in [0.3, 0.4) is 0 Å². The number of carbonyl (C=O) groups is 4. The molecule has 0 saturated carbocycles. The Labute approximate surface area is 554 Å². The maximum absolute atomic E-state index is 13.0. The Morgan fingerprint density at radius 3 is 0.978 bits per heavy atom. The van der Waals surface area contributed by atoms with Crippen molar-refractivity contribution < 1.29 is 80.2 Å². The van der Waals surface area contributed by atoms with E-state index >= 15 is 0 Å². The van der Waals surface area contributed by atoms with Crippen molar-refractivity contribution in [3.05, 3.63) is 24.3 Å². The third-order valence-electron chi connectivity index (χ3n) is 16.4. The van der Waals surface area contributed by atoms with Gasteiger partial charge in [0.15, 0.2) is 12.2 Å². The lowest BCUT2D eigenvalue weighted by molar-refractivity contribution is -0.161. The van der Waals surface area contributed by atoms with Crippen molar-refractivity contribution >= 4 is 39.5 Å². The molecule has 0 aliphatic heterocycles. The van der Waals surface area contributed by atoms with E-state index in [1.54, 1.807) is 0 Å². The number of allylic oxidation sites excluding steroid dienone is 4. The number of unbranched alkanes of at least 4 members (excludes halogenated alkanes) is 32. The largest absolute Gasteiger partial charge is 0.472 e. The van der Waals surface area contributed by atoms with Crippen LogP contribution in [-0.2, 0) is 65.4 Å². The molecule has 3 unspecified atom stereocenters. The van der Waals surface area contributed by atoms with Gasteiger partial charge in [0, 0.05) is 25.7 Å². The first-order chi connectivity index (χ1) is 43.8. The number of ether oxygens (including phenoxy) is 4. The highest BCUT2D eigenvalue weighted by molar-refractivity contribution is 7.47. The van der Waals surface area contributed by atoms with Gasteiger partial charge in [-0.1, -0.05) is 285 Å². The molecule has 91 heavy (non-hydrogen) atoms. The normalized spacial score (nSPS) is 14.6. The van der Waals surface area contributed by atoms with Gasteiger partial charge in [-0.2, -0.15) is 0 Å². The average molecular weight is 1340 g/mol. The monoisotopic (exact) mass is 1330 g/mol. The topological polar surface area (TPSA) is 237 Å². The van der Waals surface area contributed by atoms with Crippen LogP contribution in [0, 0.1) is 17.8 Å². The summed E-state index contributed by atoms with van der Waals surface area (Å²) >= 11 is 0. The number of esters is 4. The predicted octanol–water partition coefficient (Wildman–Crippen LogP) is 20.2. The summed E-state index contributed by atoms with van der Waals surface area (Å²) < 4.78 is 68.3. The summed E-state index contributed by atoms with van der Waals surface area (Å²) in [6.07, 6.45) is 49.4. The molecule has 0 heterocycles. The van der Waals surface area contributed by atoms with Gasteiger partial charge in [0.25, 0.3) is 0 Å². The number of hydrogen-bond donors (Lipinski definition) is 3. The first-order valence-corrected chi connectivity index (χ1v) is 39.7. The van der Waals surface area contributed by atoms with Gasteiger partial charge in [-0.05, 0) is 69.1 Å². The fourth-order valence-corrected chi connectivity index (χ4v) is 11.9.